The summed E-state index contributed by atoms with van der Waals surface area (Å²) in [7, 11) is 0. The van der Waals surface area contributed by atoms with Gasteiger partial charge in [0.25, 0.3) is 0 Å². The van der Waals surface area contributed by atoms with Gasteiger partial charge >= 0.3 is 0 Å². The lowest BCUT2D eigenvalue weighted by atomic mass is 10.1. The van der Waals surface area contributed by atoms with Crippen LogP contribution in [-0.4, -0.2) is 41.7 Å². The minimum absolute atomic E-state index is 0.0246. The lowest BCUT2D eigenvalue weighted by Gasteiger charge is -2.25. The van der Waals surface area contributed by atoms with Crippen molar-refractivity contribution in [2.24, 2.45) is 0 Å². The molecule has 1 aliphatic heterocycles. The van der Waals surface area contributed by atoms with Gasteiger partial charge < -0.3 is 14.4 Å². The molecule has 5 nitrogen and oxygen atoms in total. The van der Waals surface area contributed by atoms with Crippen LogP contribution in [-0.2, 0) is 22.5 Å². The molecule has 0 saturated carbocycles. The average molecular weight is 455 g/mol. The van der Waals surface area contributed by atoms with Crippen molar-refractivity contribution in [3.8, 4) is 16.3 Å². The van der Waals surface area contributed by atoms with Gasteiger partial charge in [0.1, 0.15) is 16.6 Å². The average Bonchev–Trinajstić information content (AvgIpc) is 3.46. The van der Waals surface area contributed by atoms with Gasteiger partial charge in [0.15, 0.2) is 0 Å². The Balaban J connectivity index is 1.49. The van der Waals surface area contributed by atoms with Crippen LogP contribution >= 0.6 is 11.3 Å². The summed E-state index contributed by atoms with van der Waals surface area (Å²) in [6.07, 6.45) is 2.15. The molecule has 1 saturated heterocycles. The molecule has 1 aromatic heterocycles. The third-order valence-electron chi connectivity index (χ3n) is 5.36. The highest BCUT2D eigenvalue weighted by atomic mass is 32.1. The number of hydrogen-bond donors (Lipinski definition) is 0. The van der Waals surface area contributed by atoms with E-state index >= 15 is 0 Å². The number of aromatic nitrogens is 1. The number of amides is 1. The number of halogens is 1. The summed E-state index contributed by atoms with van der Waals surface area (Å²) < 4.78 is 25.1. The molecule has 1 amide bonds. The summed E-state index contributed by atoms with van der Waals surface area (Å²) in [5.74, 6) is 0.442. The molecule has 0 bridgehead atoms. The Bertz CT molecular complexity index is 1050. The van der Waals surface area contributed by atoms with Gasteiger partial charge in [0, 0.05) is 25.1 Å². The number of para-hydroxylation sites is 1. The van der Waals surface area contributed by atoms with E-state index in [9.17, 15) is 9.18 Å². The fourth-order valence-electron chi connectivity index (χ4n) is 3.85. The van der Waals surface area contributed by atoms with Crippen LogP contribution in [0.4, 0.5) is 4.39 Å². The number of ether oxygens (including phenoxy) is 2. The largest absolute Gasteiger partial charge is 0.493 e. The summed E-state index contributed by atoms with van der Waals surface area (Å²) >= 11 is 1.50. The number of rotatable bonds is 9. The van der Waals surface area contributed by atoms with Gasteiger partial charge in [-0.2, -0.15) is 0 Å². The van der Waals surface area contributed by atoms with E-state index in [1.807, 2.05) is 42.6 Å². The van der Waals surface area contributed by atoms with E-state index in [-0.39, 0.29) is 24.2 Å². The smallest absolute Gasteiger partial charge is 0.229 e. The molecule has 1 atom stereocenters. The van der Waals surface area contributed by atoms with Crippen molar-refractivity contribution >= 4 is 17.2 Å². The van der Waals surface area contributed by atoms with E-state index in [1.165, 1.54) is 23.5 Å². The fraction of sp³-hybridized carbons (Fsp3) is 0.360. The molecule has 4 rings (SSSR count). The Morgan fingerprint density at radius 3 is 2.94 bits per heavy atom. The van der Waals surface area contributed by atoms with Crippen LogP contribution in [0.3, 0.4) is 0 Å². The molecule has 1 unspecified atom stereocenters. The van der Waals surface area contributed by atoms with Crippen LogP contribution in [0.5, 0.6) is 5.75 Å². The topological polar surface area (TPSA) is 51.7 Å². The molecule has 0 N–H and O–H groups in total. The normalized spacial score (nSPS) is 15.6. The van der Waals surface area contributed by atoms with Crippen LogP contribution in [0.15, 0.2) is 53.9 Å². The Kier molecular flexibility index (Phi) is 7.50. The minimum atomic E-state index is -0.302. The molecule has 0 spiro atoms. The van der Waals surface area contributed by atoms with E-state index in [0.29, 0.717) is 19.7 Å². The van der Waals surface area contributed by atoms with E-state index < -0.39 is 0 Å². The molecule has 32 heavy (non-hydrogen) atoms. The molecule has 1 fully saturated rings. The van der Waals surface area contributed by atoms with Gasteiger partial charge in [0.2, 0.25) is 5.91 Å². The number of nitrogens with zero attached hydrogens (tertiary/aromatic N) is 2. The highest BCUT2D eigenvalue weighted by molar-refractivity contribution is 7.13. The second kappa shape index (κ2) is 10.7. The van der Waals surface area contributed by atoms with Gasteiger partial charge in [-0.3, -0.25) is 4.79 Å². The number of carbonyl (C=O) groups excluding carboxylic acids is 1. The van der Waals surface area contributed by atoms with Crippen LogP contribution in [0.2, 0.25) is 0 Å². The third-order valence-corrected chi connectivity index (χ3v) is 6.29. The second-order valence-corrected chi connectivity index (χ2v) is 8.65. The third kappa shape index (κ3) is 5.72. The fourth-order valence-corrected chi connectivity index (χ4v) is 4.70. The molecule has 7 heteroatoms. The lowest BCUT2D eigenvalue weighted by molar-refractivity contribution is -0.132. The molecule has 0 radical (unpaired) electrons. The van der Waals surface area contributed by atoms with Crippen molar-refractivity contribution in [1.29, 1.82) is 0 Å². The quantitative estimate of drug-likeness (QED) is 0.452. The Morgan fingerprint density at radius 1 is 1.28 bits per heavy atom. The zero-order chi connectivity index (χ0) is 22.3. The zero-order valence-electron chi connectivity index (χ0n) is 18.1. The molecular weight excluding hydrogens is 427 g/mol. The summed E-state index contributed by atoms with van der Waals surface area (Å²) in [5.41, 5.74) is 2.41. The monoisotopic (exact) mass is 454 g/mol. The van der Waals surface area contributed by atoms with Crippen molar-refractivity contribution in [2.75, 3.05) is 19.8 Å². The molecule has 0 aliphatic carbocycles. The standard InChI is InChI=1S/C25H27FN2O3S/c1-2-30-23-11-4-3-10-22(23)25-27-20(17-32-25)14-24(29)28(16-21-9-6-12-31-21)15-18-7-5-8-19(26)13-18/h3-5,7-8,10-11,13,17,21H,2,6,9,12,14-16H2,1H3. The number of benzene rings is 2. The molecular formula is C25H27FN2O3S. The highest BCUT2D eigenvalue weighted by Gasteiger charge is 2.24. The highest BCUT2D eigenvalue weighted by Crippen LogP contribution is 2.32. The zero-order valence-corrected chi connectivity index (χ0v) is 18.9. The van der Waals surface area contributed by atoms with Crippen molar-refractivity contribution in [1.82, 2.24) is 9.88 Å². The summed E-state index contributed by atoms with van der Waals surface area (Å²) in [6, 6.07) is 14.2. The lowest BCUT2D eigenvalue weighted by Crippen LogP contribution is -2.38. The first-order chi connectivity index (χ1) is 15.6. The molecule has 2 aromatic carbocycles. The molecule has 3 aromatic rings. The Labute approximate surface area is 191 Å². The van der Waals surface area contributed by atoms with Crippen molar-refractivity contribution in [3.63, 3.8) is 0 Å². The van der Waals surface area contributed by atoms with Crippen molar-refractivity contribution in [2.45, 2.75) is 38.8 Å². The molecule has 2 heterocycles. The van der Waals surface area contributed by atoms with Crippen LogP contribution in [0, 0.1) is 5.82 Å². The van der Waals surface area contributed by atoms with Crippen LogP contribution in [0.25, 0.3) is 10.6 Å². The molecule has 1 aliphatic rings. The number of hydrogen-bond acceptors (Lipinski definition) is 5. The van der Waals surface area contributed by atoms with Gasteiger partial charge in [-0.1, -0.05) is 24.3 Å². The maximum Gasteiger partial charge on any atom is 0.229 e. The van der Waals surface area contributed by atoms with Crippen molar-refractivity contribution < 1.29 is 18.7 Å². The SMILES string of the molecule is CCOc1ccccc1-c1nc(CC(=O)N(Cc2cccc(F)c2)CC2CCCO2)cs1. The Morgan fingerprint density at radius 2 is 2.16 bits per heavy atom. The van der Waals surface area contributed by atoms with Gasteiger partial charge in [0.05, 0.1) is 30.4 Å². The van der Waals surface area contributed by atoms with E-state index in [1.54, 1.807) is 11.0 Å². The first-order valence-corrected chi connectivity index (χ1v) is 11.8. The van der Waals surface area contributed by atoms with Gasteiger partial charge in [-0.25, -0.2) is 9.37 Å². The minimum Gasteiger partial charge on any atom is -0.493 e. The summed E-state index contributed by atoms with van der Waals surface area (Å²) in [6.45, 7) is 4.09. The second-order valence-electron chi connectivity index (χ2n) is 7.79. The summed E-state index contributed by atoms with van der Waals surface area (Å²) in [4.78, 5) is 19.7. The first-order valence-electron chi connectivity index (χ1n) is 10.9. The maximum atomic E-state index is 13.7. The predicted molar refractivity (Wildman–Crippen MR) is 123 cm³/mol. The Hall–Kier alpha value is -2.77. The first kappa shape index (κ1) is 22.4. The van der Waals surface area contributed by atoms with Gasteiger partial charge in [-0.05, 0) is 49.6 Å². The van der Waals surface area contributed by atoms with E-state index in [0.717, 1.165) is 47.0 Å². The van der Waals surface area contributed by atoms with Gasteiger partial charge in [-0.15, -0.1) is 11.3 Å². The maximum absolute atomic E-state index is 13.7. The predicted octanol–water partition coefficient (Wildman–Crippen LogP) is 5.10. The molecule has 168 valence electrons. The van der Waals surface area contributed by atoms with E-state index in [2.05, 4.69) is 0 Å². The number of thiazole rings is 1. The van der Waals surface area contributed by atoms with Crippen LogP contribution < -0.4 is 4.74 Å². The summed E-state index contributed by atoms with van der Waals surface area (Å²) in [5, 5.41) is 2.75. The number of carbonyl (C=O) groups is 1. The van der Waals surface area contributed by atoms with E-state index in [4.69, 9.17) is 14.5 Å². The van der Waals surface area contributed by atoms with Crippen LogP contribution in [0.1, 0.15) is 31.0 Å². The van der Waals surface area contributed by atoms with Crippen molar-refractivity contribution in [3.05, 3.63) is 71.0 Å².